The molecule has 0 radical (unpaired) electrons. The summed E-state index contributed by atoms with van der Waals surface area (Å²) in [6.07, 6.45) is -0.350. The molecule has 33 heavy (non-hydrogen) atoms. The van der Waals surface area contributed by atoms with Gasteiger partial charge in [0.15, 0.2) is 5.58 Å². The number of oxazole rings is 1. The molecular weight excluding hydrogens is 428 g/mol. The SMILES string of the molecule is O=C(O)NC1CCN(c2cccc(C(=O)Nc3ccc4nc(N5CCOCC5)oc4c3)n2)C1. The Hall–Kier alpha value is -3.86. The van der Waals surface area contributed by atoms with Crippen molar-refractivity contribution in [3.8, 4) is 0 Å². The Bertz CT molecular complexity index is 1180. The number of carbonyl (C=O) groups excluding carboxylic acids is 1. The molecule has 2 amide bonds. The summed E-state index contributed by atoms with van der Waals surface area (Å²) in [6.45, 7) is 3.90. The highest BCUT2D eigenvalue weighted by Crippen LogP contribution is 2.26. The average molecular weight is 452 g/mol. The van der Waals surface area contributed by atoms with E-state index in [-0.39, 0.29) is 17.6 Å². The first-order valence-electron chi connectivity index (χ1n) is 10.8. The summed E-state index contributed by atoms with van der Waals surface area (Å²) >= 11 is 0. The van der Waals surface area contributed by atoms with Gasteiger partial charge in [-0.25, -0.2) is 9.78 Å². The van der Waals surface area contributed by atoms with E-state index in [0.717, 1.165) is 13.1 Å². The zero-order chi connectivity index (χ0) is 22.8. The van der Waals surface area contributed by atoms with E-state index in [1.165, 1.54) is 0 Å². The van der Waals surface area contributed by atoms with Gasteiger partial charge in [0.05, 0.1) is 19.3 Å². The van der Waals surface area contributed by atoms with Gasteiger partial charge < -0.3 is 34.7 Å². The zero-order valence-electron chi connectivity index (χ0n) is 17.9. The maximum Gasteiger partial charge on any atom is 0.404 e. The number of morpholine rings is 1. The summed E-state index contributed by atoms with van der Waals surface area (Å²) in [4.78, 5) is 36.7. The summed E-state index contributed by atoms with van der Waals surface area (Å²) in [7, 11) is 0. The predicted octanol–water partition coefficient (Wildman–Crippen LogP) is 2.16. The highest BCUT2D eigenvalue weighted by atomic mass is 16.5. The van der Waals surface area contributed by atoms with Crippen LogP contribution in [0.3, 0.4) is 0 Å². The Morgan fingerprint density at radius 3 is 2.73 bits per heavy atom. The summed E-state index contributed by atoms with van der Waals surface area (Å²) in [5.41, 5.74) is 2.16. The molecule has 4 heterocycles. The number of pyridine rings is 1. The number of ether oxygens (including phenoxy) is 1. The summed E-state index contributed by atoms with van der Waals surface area (Å²) in [5.74, 6) is 0.293. The van der Waals surface area contributed by atoms with Crippen molar-refractivity contribution in [1.82, 2.24) is 15.3 Å². The lowest BCUT2D eigenvalue weighted by Gasteiger charge is -2.24. The topological polar surface area (TPSA) is 133 Å². The van der Waals surface area contributed by atoms with Gasteiger partial charge >= 0.3 is 6.09 Å². The highest BCUT2D eigenvalue weighted by molar-refractivity contribution is 6.03. The Morgan fingerprint density at radius 2 is 1.91 bits per heavy atom. The van der Waals surface area contributed by atoms with E-state index >= 15 is 0 Å². The van der Waals surface area contributed by atoms with Crippen LogP contribution < -0.4 is 20.4 Å². The third kappa shape index (κ3) is 4.67. The first kappa shape index (κ1) is 21.0. The number of anilines is 3. The molecular formula is C22H24N6O5. The van der Waals surface area contributed by atoms with Gasteiger partial charge in [-0.1, -0.05) is 6.07 Å². The summed E-state index contributed by atoms with van der Waals surface area (Å²) in [6, 6.07) is 10.9. The molecule has 2 aromatic heterocycles. The van der Waals surface area contributed by atoms with Gasteiger partial charge in [-0.15, -0.1) is 0 Å². The third-order valence-corrected chi connectivity index (χ3v) is 5.72. The maximum absolute atomic E-state index is 12.8. The minimum atomic E-state index is -1.04. The number of amides is 2. The quantitative estimate of drug-likeness (QED) is 0.532. The van der Waals surface area contributed by atoms with Crippen LogP contribution in [0.5, 0.6) is 0 Å². The van der Waals surface area contributed by atoms with Crippen LogP contribution in [0.2, 0.25) is 0 Å². The summed E-state index contributed by atoms with van der Waals surface area (Å²) < 4.78 is 11.3. The third-order valence-electron chi connectivity index (χ3n) is 5.72. The van der Waals surface area contributed by atoms with Crippen LogP contribution >= 0.6 is 0 Å². The molecule has 0 saturated carbocycles. The van der Waals surface area contributed by atoms with Crippen LogP contribution in [-0.2, 0) is 4.74 Å². The van der Waals surface area contributed by atoms with Crippen LogP contribution in [0, 0.1) is 0 Å². The minimum Gasteiger partial charge on any atom is -0.465 e. The van der Waals surface area contributed by atoms with E-state index in [2.05, 4.69) is 20.6 Å². The molecule has 2 aliphatic rings. The molecule has 11 heteroatoms. The van der Waals surface area contributed by atoms with E-state index in [1.54, 1.807) is 24.3 Å². The number of benzene rings is 1. The van der Waals surface area contributed by atoms with Crippen LogP contribution in [0.4, 0.5) is 22.3 Å². The fourth-order valence-electron chi connectivity index (χ4n) is 4.06. The second-order valence-corrected chi connectivity index (χ2v) is 7.99. The van der Waals surface area contributed by atoms with E-state index in [9.17, 15) is 9.59 Å². The largest absolute Gasteiger partial charge is 0.465 e. The Morgan fingerprint density at radius 1 is 1.06 bits per heavy atom. The number of carboxylic acid groups (broad SMARTS) is 1. The first-order chi connectivity index (χ1) is 16.0. The molecule has 3 aromatic rings. The molecule has 1 aromatic carbocycles. The van der Waals surface area contributed by atoms with E-state index in [4.69, 9.17) is 14.3 Å². The molecule has 0 bridgehead atoms. The second-order valence-electron chi connectivity index (χ2n) is 7.99. The Kier molecular flexibility index (Phi) is 5.69. The lowest BCUT2D eigenvalue weighted by molar-refractivity contribution is 0.102. The van der Waals surface area contributed by atoms with Gasteiger partial charge in [-0.05, 0) is 30.7 Å². The Balaban J connectivity index is 1.27. The number of rotatable bonds is 5. The normalized spacial score (nSPS) is 18.5. The van der Waals surface area contributed by atoms with Gasteiger partial charge in [-0.3, -0.25) is 4.79 Å². The molecule has 172 valence electrons. The zero-order valence-corrected chi connectivity index (χ0v) is 17.9. The van der Waals surface area contributed by atoms with Gasteiger partial charge in [0, 0.05) is 37.9 Å². The fourth-order valence-corrected chi connectivity index (χ4v) is 4.06. The van der Waals surface area contributed by atoms with Gasteiger partial charge in [0.25, 0.3) is 11.9 Å². The van der Waals surface area contributed by atoms with Crippen molar-refractivity contribution in [2.75, 3.05) is 54.5 Å². The van der Waals surface area contributed by atoms with Gasteiger partial charge in [0.1, 0.15) is 17.0 Å². The van der Waals surface area contributed by atoms with Gasteiger partial charge in [0.2, 0.25) is 0 Å². The van der Waals surface area contributed by atoms with E-state index in [1.807, 2.05) is 21.9 Å². The van der Waals surface area contributed by atoms with Crippen molar-refractivity contribution in [1.29, 1.82) is 0 Å². The molecule has 5 rings (SSSR count). The van der Waals surface area contributed by atoms with Crippen molar-refractivity contribution in [2.45, 2.75) is 12.5 Å². The molecule has 3 N–H and O–H groups in total. The van der Waals surface area contributed by atoms with Crippen LogP contribution in [0.1, 0.15) is 16.9 Å². The molecule has 2 fully saturated rings. The standard InChI is InChI=1S/C22H24N6O5/c29-20(17-2-1-3-19(25-17)28-7-6-15(13-28)24-22(30)31)23-14-4-5-16-18(12-14)33-21(26-16)27-8-10-32-11-9-27/h1-5,12,15,24H,6-11,13H2,(H,23,29)(H,30,31). The van der Waals surface area contributed by atoms with Crippen molar-refractivity contribution >= 4 is 40.6 Å². The lowest BCUT2D eigenvalue weighted by atomic mass is 10.2. The number of aromatic nitrogens is 2. The Labute approximate surface area is 189 Å². The van der Waals surface area contributed by atoms with E-state index in [0.29, 0.717) is 61.3 Å². The molecule has 11 nitrogen and oxygen atoms in total. The number of hydrogen-bond donors (Lipinski definition) is 3. The number of fused-ring (bicyclic) bond motifs is 1. The number of carbonyl (C=O) groups is 2. The van der Waals surface area contributed by atoms with Crippen LogP contribution in [0.15, 0.2) is 40.8 Å². The number of nitrogens with one attached hydrogen (secondary N) is 2. The van der Waals surface area contributed by atoms with Crippen molar-refractivity contribution in [3.05, 3.63) is 42.1 Å². The molecule has 0 spiro atoms. The highest BCUT2D eigenvalue weighted by Gasteiger charge is 2.25. The molecule has 1 atom stereocenters. The molecule has 1 unspecified atom stereocenters. The monoisotopic (exact) mass is 452 g/mol. The molecule has 2 aliphatic heterocycles. The fraction of sp³-hybridized carbons (Fsp3) is 0.364. The minimum absolute atomic E-state index is 0.155. The summed E-state index contributed by atoms with van der Waals surface area (Å²) in [5, 5.41) is 14.3. The van der Waals surface area contributed by atoms with Crippen molar-refractivity contribution in [3.63, 3.8) is 0 Å². The number of nitrogens with zero attached hydrogens (tertiary/aromatic N) is 4. The second kappa shape index (κ2) is 8.94. The maximum atomic E-state index is 12.8. The average Bonchev–Trinajstić information content (AvgIpc) is 3.46. The lowest BCUT2D eigenvalue weighted by Crippen LogP contribution is -2.36. The number of hydrogen-bond acceptors (Lipinski definition) is 8. The van der Waals surface area contributed by atoms with Crippen molar-refractivity contribution in [2.24, 2.45) is 0 Å². The van der Waals surface area contributed by atoms with E-state index < -0.39 is 6.09 Å². The first-order valence-corrected chi connectivity index (χ1v) is 10.8. The van der Waals surface area contributed by atoms with Crippen molar-refractivity contribution < 1.29 is 23.8 Å². The molecule has 0 aliphatic carbocycles. The molecule has 2 saturated heterocycles. The van der Waals surface area contributed by atoms with Crippen LogP contribution in [-0.4, -0.2) is 72.5 Å². The van der Waals surface area contributed by atoms with Crippen LogP contribution in [0.25, 0.3) is 11.1 Å². The van der Waals surface area contributed by atoms with Gasteiger partial charge in [-0.2, -0.15) is 4.98 Å². The smallest absolute Gasteiger partial charge is 0.404 e. The predicted molar refractivity (Wildman–Crippen MR) is 121 cm³/mol.